The summed E-state index contributed by atoms with van der Waals surface area (Å²) in [5, 5.41) is 7.46. The molecular weight excluding hydrogens is 378 g/mol. The van der Waals surface area contributed by atoms with Crippen LogP contribution in [0, 0.1) is 36.0 Å². The lowest BCUT2D eigenvalue weighted by Gasteiger charge is -2.23. The minimum Gasteiger partial charge on any atom is -0.291 e. The number of ketones is 1. The van der Waals surface area contributed by atoms with Gasteiger partial charge in [0.25, 0.3) is 0 Å². The highest BCUT2D eigenvalue weighted by atomic mass is 32.2. The fourth-order valence-electron chi connectivity index (χ4n) is 3.89. The summed E-state index contributed by atoms with van der Waals surface area (Å²) in [4.78, 5) is 12.2. The summed E-state index contributed by atoms with van der Waals surface area (Å²) >= 11 is 0. The first-order valence-corrected chi connectivity index (χ1v) is 9.97. The molecule has 27 heavy (non-hydrogen) atoms. The van der Waals surface area contributed by atoms with E-state index in [-0.39, 0.29) is 23.8 Å². The number of carbonyl (C=O) groups excluding carboxylic acids is 1. The molecule has 6 nitrogen and oxygen atoms in total. The average molecular weight is 396 g/mol. The molecule has 0 heterocycles. The molecular formula is C18H18F2N2O4S. The molecule has 2 bridgehead atoms. The van der Waals surface area contributed by atoms with Crippen LogP contribution in [0.1, 0.15) is 36.8 Å². The minimum atomic E-state index is -5.66. The maximum absolute atomic E-state index is 14.4. The highest BCUT2D eigenvalue weighted by Crippen LogP contribution is 2.50. The van der Waals surface area contributed by atoms with Gasteiger partial charge < -0.3 is 0 Å². The van der Waals surface area contributed by atoms with E-state index in [9.17, 15) is 22.0 Å². The summed E-state index contributed by atoms with van der Waals surface area (Å²) in [5.41, 5.74) is 0.607. The van der Waals surface area contributed by atoms with Crippen molar-refractivity contribution in [3.8, 4) is 6.07 Å². The number of carbonyl (C=O) groups is 1. The first-order valence-electron chi connectivity index (χ1n) is 8.56. The molecule has 1 aromatic rings. The zero-order valence-electron chi connectivity index (χ0n) is 14.6. The molecule has 0 radical (unpaired) electrons. The van der Waals surface area contributed by atoms with Crippen LogP contribution in [0.5, 0.6) is 0 Å². The molecule has 0 aromatic heterocycles. The number of Topliss-reactive ketones (excluding diaryl/α,β-unsaturated/α-hetero) is 1. The third kappa shape index (κ3) is 3.58. The molecule has 3 unspecified atom stereocenters. The number of nitriles is 1. The van der Waals surface area contributed by atoms with Crippen molar-refractivity contribution >= 4 is 21.6 Å². The Morgan fingerprint density at radius 3 is 2.44 bits per heavy atom. The third-order valence-electron chi connectivity index (χ3n) is 5.33. The van der Waals surface area contributed by atoms with Crippen molar-refractivity contribution in [2.24, 2.45) is 22.9 Å². The summed E-state index contributed by atoms with van der Waals surface area (Å²) in [6.45, 7) is 1.80. The van der Waals surface area contributed by atoms with E-state index in [1.807, 2.05) is 0 Å². The van der Waals surface area contributed by atoms with Gasteiger partial charge >= 0.3 is 15.4 Å². The quantitative estimate of drug-likeness (QED) is 0.543. The number of hydrogen-bond acceptors (Lipinski definition) is 6. The summed E-state index contributed by atoms with van der Waals surface area (Å²) < 4.78 is 56.7. The van der Waals surface area contributed by atoms with E-state index in [0.717, 1.165) is 12.0 Å². The Kier molecular flexibility index (Phi) is 5.04. The molecule has 2 aliphatic carbocycles. The molecule has 1 aromatic carbocycles. The Labute approximate surface area is 155 Å². The van der Waals surface area contributed by atoms with E-state index in [0.29, 0.717) is 12.8 Å². The van der Waals surface area contributed by atoms with Gasteiger partial charge in [0.05, 0.1) is 0 Å². The van der Waals surface area contributed by atoms with Gasteiger partial charge in [0, 0.05) is 11.5 Å². The second kappa shape index (κ2) is 7.00. The molecule has 144 valence electrons. The highest BCUT2D eigenvalue weighted by molar-refractivity contribution is 7.88. The van der Waals surface area contributed by atoms with Crippen molar-refractivity contribution in [1.82, 2.24) is 0 Å². The number of fused-ring (bicyclic) bond motifs is 2. The first-order chi connectivity index (χ1) is 12.7. The maximum atomic E-state index is 14.4. The number of halogens is 2. The standard InChI is InChI=1S/C18H18F2N2O4S/c1-11-2-5-13(6-3-11)16(10-21)22-26-27(24,25)18(19,20)17(23)15-9-12-4-7-14(15)8-12/h2-3,5-6,12,14-15H,4,7-9H2,1H3. The number of rotatable bonds is 6. The first kappa shape index (κ1) is 19.4. The molecule has 0 spiro atoms. The molecule has 2 aliphatic rings. The number of alkyl halides is 2. The SMILES string of the molecule is Cc1ccc(C(C#N)=NOS(=O)(=O)C(F)(F)C(=O)C2CC3CCC2C3)cc1. The number of nitrogens with zero attached hydrogens (tertiary/aromatic N) is 2. The van der Waals surface area contributed by atoms with Crippen molar-refractivity contribution in [2.75, 3.05) is 0 Å². The Morgan fingerprint density at radius 2 is 1.93 bits per heavy atom. The van der Waals surface area contributed by atoms with Gasteiger partial charge in [-0.2, -0.15) is 22.5 Å². The predicted molar refractivity (Wildman–Crippen MR) is 92.2 cm³/mol. The maximum Gasteiger partial charge on any atom is 0.439 e. The molecule has 0 N–H and O–H groups in total. The largest absolute Gasteiger partial charge is 0.439 e. The molecule has 3 rings (SSSR count). The topological polar surface area (TPSA) is 96.6 Å². The van der Waals surface area contributed by atoms with Crippen LogP contribution in [0.25, 0.3) is 0 Å². The molecule has 2 fully saturated rings. The van der Waals surface area contributed by atoms with Crippen LogP contribution in [0.3, 0.4) is 0 Å². The summed E-state index contributed by atoms with van der Waals surface area (Å²) in [6, 6.07) is 7.84. The number of hydrogen-bond donors (Lipinski definition) is 0. The van der Waals surface area contributed by atoms with Gasteiger partial charge in [0.15, 0.2) is 5.71 Å². The van der Waals surface area contributed by atoms with Crippen LogP contribution >= 0.6 is 0 Å². The molecule has 9 heteroatoms. The predicted octanol–water partition coefficient (Wildman–Crippen LogP) is 3.17. The van der Waals surface area contributed by atoms with E-state index < -0.39 is 32.8 Å². The van der Waals surface area contributed by atoms with Gasteiger partial charge in [-0.1, -0.05) is 41.4 Å². The lowest BCUT2D eigenvalue weighted by atomic mass is 9.86. The second-order valence-electron chi connectivity index (χ2n) is 7.11. The van der Waals surface area contributed by atoms with Crippen molar-refractivity contribution in [3.05, 3.63) is 35.4 Å². The number of benzene rings is 1. The van der Waals surface area contributed by atoms with E-state index in [1.165, 1.54) is 12.1 Å². The van der Waals surface area contributed by atoms with Crippen LogP contribution in [0.2, 0.25) is 0 Å². The Balaban J connectivity index is 1.79. The number of oxime groups is 1. The van der Waals surface area contributed by atoms with Crippen LogP contribution in [0.15, 0.2) is 29.4 Å². The van der Waals surface area contributed by atoms with Gasteiger partial charge in [-0.05, 0) is 38.0 Å². The summed E-state index contributed by atoms with van der Waals surface area (Å²) in [7, 11) is -5.66. The molecule has 3 atom stereocenters. The van der Waals surface area contributed by atoms with Gasteiger partial charge in [-0.15, -0.1) is 0 Å². The smallest absolute Gasteiger partial charge is 0.291 e. The lowest BCUT2D eigenvalue weighted by Crippen LogP contribution is -2.43. The normalized spacial score (nSPS) is 25.3. The van der Waals surface area contributed by atoms with Crippen molar-refractivity contribution in [2.45, 2.75) is 37.9 Å². The van der Waals surface area contributed by atoms with E-state index in [2.05, 4.69) is 9.44 Å². The number of aryl methyl sites for hydroxylation is 1. The summed E-state index contributed by atoms with van der Waals surface area (Å²) in [5.74, 6) is -2.62. The molecule has 0 amide bonds. The molecule has 2 saturated carbocycles. The van der Waals surface area contributed by atoms with Crippen LogP contribution < -0.4 is 0 Å². The average Bonchev–Trinajstić information content (AvgIpc) is 3.26. The Bertz CT molecular complexity index is 920. The fourth-order valence-corrected chi connectivity index (χ4v) is 4.55. The van der Waals surface area contributed by atoms with E-state index in [1.54, 1.807) is 25.1 Å². The van der Waals surface area contributed by atoms with Crippen LogP contribution in [-0.4, -0.2) is 25.2 Å². The molecule has 0 aliphatic heterocycles. The van der Waals surface area contributed by atoms with Crippen molar-refractivity contribution in [3.63, 3.8) is 0 Å². The Hall–Kier alpha value is -2.34. The zero-order valence-corrected chi connectivity index (χ0v) is 15.4. The van der Waals surface area contributed by atoms with Gasteiger partial charge in [0.2, 0.25) is 5.78 Å². The zero-order chi connectivity index (χ0) is 19.8. The van der Waals surface area contributed by atoms with Crippen LogP contribution in [-0.2, 0) is 19.2 Å². The lowest BCUT2D eigenvalue weighted by molar-refractivity contribution is -0.139. The van der Waals surface area contributed by atoms with Gasteiger partial charge in [-0.25, -0.2) is 0 Å². The second-order valence-corrected chi connectivity index (χ2v) is 8.68. The van der Waals surface area contributed by atoms with E-state index in [4.69, 9.17) is 5.26 Å². The van der Waals surface area contributed by atoms with Gasteiger partial charge in [0.1, 0.15) is 6.07 Å². The van der Waals surface area contributed by atoms with Crippen LogP contribution in [0.4, 0.5) is 8.78 Å². The molecule has 0 saturated heterocycles. The monoisotopic (exact) mass is 396 g/mol. The van der Waals surface area contributed by atoms with Crippen molar-refractivity contribution < 1.29 is 26.3 Å². The van der Waals surface area contributed by atoms with Crippen molar-refractivity contribution in [1.29, 1.82) is 5.26 Å². The summed E-state index contributed by atoms with van der Waals surface area (Å²) in [6.07, 6.45) is 2.50. The third-order valence-corrected chi connectivity index (χ3v) is 6.43. The van der Waals surface area contributed by atoms with E-state index >= 15 is 0 Å². The highest BCUT2D eigenvalue weighted by Gasteiger charge is 2.60. The Morgan fingerprint density at radius 1 is 1.26 bits per heavy atom. The fraction of sp³-hybridized carbons (Fsp3) is 0.500. The van der Waals surface area contributed by atoms with Gasteiger partial charge in [-0.3, -0.25) is 9.08 Å². The minimum absolute atomic E-state index is 0.200.